The van der Waals surface area contributed by atoms with Crippen molar-refractivity contribution in [1.29, 1.82) is 0 Å². The predicted octanol–water partition coefficient (Wildman–Crippen LogP) is 3.73. The molecular formula is C20H31Cl2N3O3. The zero-order chi connectivity index (χ0) is 18.4. The van der Waals surface area contributed by atoms with Crippen molar-refractivity contribution in [2.75, 3.05) is 39.4 Å². The van der Waals surface area contributed by atoms with E-state index in [0.29, 0.717) is 24.7 Å². The first-order valence-corrected chi connectivity index (χ1v) is 9.40. The Bertz CT molecular complexity index is 743. The summed E-state index contributed by atoms with van der Waals surface area (Å²) in [6.45, 7) is 9.35. The molecule has 0 atom stereocenters. The van der Waals surface area contributed by atoms with Gasteiger partial charge in [-0.3, -0.25) is 20.6 Å². The molecule has 28 heavy (non-hydrogen) atoms. The topological polar surface area (TPSA) is 70.2 Å². The maximum absolute atomic E-state index is 9.56. The molecule has 1 saturated heterocycles. The summed E-state index contributed by atoms with van der Waals surface area (Å²) < 4.78 is 11.4. The molecule has 8 heteroatoms. The SMILES string of the molecule is CC(C)Cc1oc2ccccc2c1CC(=NCCN1CCOCC1)NO.Cl.Cl. The number of hydrogen-bond acceptors (Lipinski definition) is 5. The second kappa shape index (κ2) is 12.3. The Balaban J connectivity index is 0.00000196. The molecule has 1 fully saturated rings. The number of nitrogens with zero attached hydrogens (tertiary/aromatic N) is 2. The fraction of sp³-hybridized carbons (Fsp3) is 0.550. The Labute approximate surface area is 179 Å². The molecule has 0 unspecified atom stereocenters. The van der Waals surface area contributed by atoms with Crippen molar-refractivity contribution in [1.82, 2.24) is 10.4 Å². The highest BCUT2D eigenvalue weighted by atomic mass is 35.5. The summed E-state index contributed by atoms with van der Waals surface area (Å²) in [5.74, 6) is 2.06. The van der Waals surface area contributed by atoms with E-state index in [9.17, 15) is 5.21 Å². The zero-order valence-corrected chi connectivity index (χ0v) is 18.2. The highest BCUT2D eigenvalue weighted by molar-refractivity contribution is 5.90. The van der Waals surface area contributed by atoms with Crippen molar-refractivity contribution in [3.05, 3.63) is 35.6 Å². The third kappa shape index (κ3) is 6.64. The summed E-state index contributed by atoms with van der Waals surface area (Å²) in [6.07, 6.45) is 1.41. The van der Waals surface area contributed by atoms with Crippen LogP contribution in [0.4, 0.5) is 0 Å². The number of amidine groups is 1. The summed E-state index contributed by atoms with van der Waals surface area (Å²) in [5, 5.41) is 10.7. The lowest BCUT2D eigenvalue weighted by Gasteiger charge is -2.25. The molecule has 2 N–H and O–H groups in total. The Kier molecular flexibility index (Phi) is 10.9. The van der Waals surface area contributed by atoms with Gasteiger partial charge in [-0.25, -0.2) is 0 Å². The number of nitrogens with one attached hydrogen (secondary N) is 1. The molecule has 3 rings (SSSR count). The Morgan fingerprint density at radius 3 is 2.61 bits per heavy atom. The predicted molar refractivity (Wildman–Crippen MR) is 117 cm³/mol. The standard InChI is InChI=1S/C20H29N3O3.2ClH/c1-15(2)13-19-17(16-5-3-4-6-18(16)26-19)14-20(22-24)21-7-8-23-9-11-25-12-10-23;;/h3-6,15,24H,7-14H2,1-2H3,(H,21,22);2*1H. The summed E-state index contributed by atoms with van der Waals surface area (Å²) in [7, 11) is 0. The summed E-state index contributed by atoms with van der Waals surface area (Å²) in [6, 6.07) is 8.06. The highest BCUT2D eigenvalue weighted by Gasteiger charge is 2.17. The number of para-hydroxylation sites is 1. The van der Waals surface area contributed by atoms with Gasteiger partial charge in [0.1, 0.15) is 17.2 Å². The van der Waals surface area contributed by atoms with E-state index in [1.54, 1.807) is 0 Å². The van der Waals surface area contributed by atoms with Crippen LogP contribution in [0.1, 0.15) is 25.2 Å². The minimum atomic E-state index is 0. The largest absolute Gasteiger partial charge is 0.461 e. The van der Waals surface area contributed by atoms with E-state index < -0.39 is 0 Å². The molecule has 1 aliphatic rings. The molecule has 0 spiro atoms. The van der Waals surface area contributed by atoms with Crippen LogP contribution in [-0.4, -0.2) is 55.3 Å². The van der Waals surface area contributed by atoms with Crippen LogP contribution in [0.5, 0.6) is 0 Å². The van der Waals surface area contributed by atoms with E-state index in [1.165, 1.54) is 0 Å². The molecule has 0 amide bonds. The average molecular weight is 432 g/mol. The number of hydroxylamine groups is 1. The normalized spacial score (nSPS) is 15.4. The van der Waals surface area contributed by atoms with Gasteiger partial charge in [0.05, 0.1) is 19.8 Å². The van der Waals surface area contributed by atoms with Gasteiger partial charge in [-0.15, -0.1) is 24.8 Å². The van der Waals surface area contributed by atoms with Crippen LogP contribution in [0.3, 0.4) is 0 Å². The van der Waals surface area contributed by atoms with E-state index >= 15 is 0 Å². The number of fused-ring (bicyclic) bond motifs is 1. The van der Waals surface area contributed by atoms with Crippen LogP contribution >= 0.6 is 24.8 Å². The third-order valence-corrected chi connectivity index (χ3v) is 4.67. The number of rotatable bonds is 7. The Morgan fingerprint density at radius 2 is 1.93 bits per heavy atom. The molecule has 1 aliphatic heterocycles. The fourth-order valence-electron chi connectivity index (χ4n) is 3.33. The Morgan fingerprint density at radius 1 is 1.21 bits per heavy atom. The fourth-order valence-corrected chi connectivity index (χ4v) is 3.33. The first-order valence-electron chi connectivity index (χ1n) is 9.40. The van der Waals surface area contributed by atoms with Gasteiger partial charge in [0, 0.05) is 43.4 Å². The van der Waals surface area contributed by atoms with Gasteiger partial charge >= 0.3 is 0 Å². The second-order valence-electron chi connectivity index (χ2n) is 7.17. The number of hydrogen-bond donors (Lipinski definition) is 2. The van der Waals surface area contributed by atoms with Crippen molar-refractivity contribution in [2.24, 2.45) is 10.9 Å². The number of aliphatic imine (C=N–C) groups is 1. The van der Waals surface area contributed by atoms with Gasteiger partial charge in [0.15, 0.2) is 0 Å². The molecule has 0 aliphatic carbocycles. The van der Waals surface area contributed by atoms with E-state index in [0.717, 1.165) is 61.6 Å². The molecule has 6 nitrogen and oxygen atoms in total. The average Bonchev–Trinajstić information content (AvgIpc) is 2.98. The number of furan rings is 1. The third-order valence-electron chi connectivity index (χ3n) is 4.67. The van der Waals surface area contributed by atoms with Crippen molar-refractivity contribution in [3.8, 4) is 0 Å². The summed E-state index contributed by atoms with van der Waals surface area (Å²) >= 11 is 0. The lowest BCUT2D eigenvalue weighted by atomic mass is 10.0. The van der Waals surface area contributed by atoms with Gasteiger partial charge in [-0.1, -0.05) is 32.0 Å². The van der Waals surface area contributed by atoms with Crippen molar-refractivity contribution < 1.29 is 14.4 Å². The lowest BCUT2D eigenvalue weighted by molar-refractivity contribution is 0.0394. The maximum atomic E-state index is 9.56. The summed E-state index contributed by atoms with van der Waals surface area (Å²) in [5.41, 5.74) is 4.29. The van der Waals surface area contributed by atoms with Gasteiger partial charge in [-0.2, -0.15) is 0 Å². The molecule has 2 aromatic rings. The van der Waals surface area contributed by atoms with Gasteiger partial charge in [0.25, 0.3) is 0 Å². The van der Waals surface area contributed by atoms with Gasteiger partial charge in [-0.05, 0) is 12.0 Å². The Hall–Kier alpha value is -1.31. The van der Waals surface area contributed by atoms with Crippen LogP contribution < -0.4 is 5.48 Å². The minimum Gasteiger partial charge on any atom is -0.461 e. The van der Waals surface area contributed by atoms with Crippen molar-refractivity contribution in [2.45, 2.75) is 26.7 Å². The van der Waals surface area contributed by atoms with Crippen molar-refractivity contribution >= 4 is 41.6 Å². The number of morpholine rings is 1. The molecular weight excluding hydrogens is 401 g/mol. The lowest BCUT2D eigenvalue weighted by Crippen LogP contribution is -2.38. The van der Waals surface area contributed by atoms with Crippen LogP contribution in [0, 0.1) is 5.92 Å². The first kappa shape index (κ1) is 24.7. The number of benzene rings is 1. The molecule has 158 valence electrons. The van der Waals surface area contributed by atoms with E-state index in [2.05, 4.69) is 35.3 Å². The number of halogens is 2. The minimum absolute atomic E-state index is 0. The monoisotopic (exact) mass is 431 g/mol. The molecule has 1 aromatic heterocycles. The summed E-state index contributed by atoms with van der Waals surface area (Å²) in [4.78, 5) is 6.90. The zero-order valence-electron chi connectivity index (χ0n) is 16.5. The second-order valence-corrected chi connectivity index (χ2v) is 7.17. The first-order chi connectivity index (χ1) is 12.7. The molecule has 2 heterocycles. The quantitative estimate of drug-likeness (QED) is 0.397. The molecule has 1 aromatic carbocycles. The molecule has 0 bridgehead atoms. The molecule has 0 saturated carbocycles. The van der Waals surface area contributed by atoms with Crippen LogP contribution in [0.25, 0.3) is 11.0 Å². The van der Waals surface area contributed by atoms with E-state index in [-0.39, 0.29) is 24.8 Å². The highest BCUT2D eigenvalue weighted by Crippen LogP contribution is 2.28. The van der Waals surface area contributed by atoms with Crippen molar-refractivity contribution in [3.63, 3.8) is 0 Å². The van der Waals surface area contributed by atoms with Gasteiger partial charge in [0.2, 0.25) is 0 Å². The smallest absolute Gasteiger partial charge is 0.134 e. The van der Waals surface area contributed by atoms with Crippen LogP contribution in [-0.2, 0) is 17.6 Å². The molecule has 0 radical (unpaired) electrons. The van der Waals surface area contributed by atoms with E-state index in [4.69, 9.17) is 9.15 Å². The van der Waals surface area contributed by atoms with E-state index in [1.807, 2.05) is 18.2 Å². The van der Waals surface area contributed by atoms with Crippen LogP contribution in [0.2, 0.25) is 0 Å². The number of ether oxygens (including phenoxy) is 1. The van der Waals surface area contributed by atoms with Gasteiger partial charge < -0.3 is 9.15 Å². The maximum Gasteiger partial charge on any atom is 0.134 e. The van der Waals surface area contributed by atoms with Crippen LogP contribution in [0.15, 0.2) is 33.7 Å².